The van der Waals surface area contributed by atoms with E-state index in [1.54, 1.807) is 0 Å². The first-order chi connectivity index (χ1) is 14.6. The molecule has 31 heavy (non-hydrogen) atoms. The van der Waals surface area contributed by atoms with Crippen LogP contribution >= 0.6 is 0 Å². The summed E-state index contributed by atoms with van der Waals surface area (Å²) in [4.78, 5) is 24.6. The molecule has 0 aromatic rings. The number of fused-ring (bicyclic) bond motifs is 1. The van der Waals surface area contributed by atoms with E-state index in [0.29, 0.717) is 19.3 Å². The zero-order chi connectivity index (χ0) is 22.8. The van der Waals surface area contributed by atoms with Gasteiger partial charge in [-0.3, -0.25) is 9.59 Å². The maximum atomic E-state index is 12.9. The molecule has 1 aliphatic heterocycles. The molecule has 0 aromatic heterocycles. The molecule has 7 atom stereocenters. The fourth-order valence-corrected chi connectivity index (χ4v) is 5.43. The van der Waals surface area contributed by atoms with Crippen molar-refractivity contribution in [3.63, 3.8) is 0 Å². The third-order valence-electron chi connectivity index (χ3n) is 7.12. The average molecular weight is 435 g/mol. The monoisotopic (exact) mass is 434 g/mol. The molecule has 0 bridgehead atoms. The third kappa shape index (κ3) is 5.78. The van der Waals surface area contributed by atoms with Crippen molar-refractivity contribution in [1.82, 2.24) is 0 Å². The van der Waals surface area contributed by atoms with Crippen molar-refractivity contribution in [3.8, 4) is 0 Å². The van der Waals surface area contributed by atoms with Crippen molar-refractivity contribution >= 4 is 11.9 Å². The molecule has 0 saturated carbocycles. The van der Waals surface area contributed by atoms with E-state index >= 15 is 0 Å². The molecule has 1 heterocycles. The number of carbonyl (C=O) groups is 2. The van der Waals surface area contributed by atoms with E-state index in [4.69, 9.17) is 9.47 Å². The van der Waals surface area contributed by atoms with Crippen LogP contribution in [0.5, 0.6) is 0 Å². The van der Waals surface area contributed by atoms with Crippen LogP contribution in [0.3, 0.4) is 0 Å². The van der Waals surface area contributed by atoms with Crippen LogP contribution in [-0.4, -0.2) is 46.6 Å². The van der Waals surface area contributed by atoms with E-state index in [1.807, 2.05) is 19.9 Å². The zero-order valence-corrected chi connectivity index (χ0v) is 19.3. The molecular formula is C25H38O6. The Kier molecular flexibility index (Phi) is 7.63. The van der Waals surface area contributed by atoms with Gasteiger partial charge >= 0.3 is 11.9 Å². The SMILES string of the molecule is CCCC(C)(C)C(=O)O[C@H]1C[C@H](O)C=C2C=C[C@H](C)[C@H](CC[C@@H]3C[C@@H](O)CC(=O)O3)[C@H]21. The van der Waals surface area contributed by atoms with Gasteiger partial charge in [0.2, 0.25) is 0 Å². The van der Waals surface area contributed by atoms with Crippen molar-refractivity contribution in [2.75, 3.05) is 0 Å². The lowest BCUT2D eigenvalue weighted by atomic mass is 9.66. The highest BCUT2D eigenvalue weighted by Crippen LogP contribution is 2.44. The Morgan fingerprint density at radius 3 is 2.68 bits per heavy atom. The number of rotatable bonds is 7. The number of cyclic esters (lactones) is 1. The average Bonchev–Trinajstić information content (AvgIpc) is 2.66. The van der Waals surface area contributed by atoms with Gasteiger partial charge in [-0.1, -0.05) is 38.5 Å². The molecule has 3 aliphatic rings. The number of ether oxygens (including phenoxy) is 2. The quantitative estimate of drug-likeness (QED) is 0.594. The fourth-order valence-electron chi connectivity index (χ4n) is 5.43. The van der Waals surface area contributed by atoms with Gasteiger partial charge in [-0.25, -0.2) is 0 Å². The summed E-state index contributed by atoms with van der Waals surface area (Å²) in [6, 6.07) is 0. The van der Waals surface area contributed by atoms with Gasteiger partial charge in [0.25, 0.3) is 0 Å². The second-order valence-electron chi connectivity index (χ2n) is 10.2. The lowest BCUT2D eigenvalue weighted by Crippen LogP contribution is -2.44. The van der Waals surface area contributed by atoms with Gasteiger partial charge in [0, 0.05) is 18.8 Å². The molecular weight excluding hydrogens is 396 g/mol. The minimum atomic E-state index is -0.635. The predicted octanol–water partition coefficient (Wildman–Crippen LogP) is 3.70. The summed E-state index contributed by atoms with van der Waals surface area (Å²) < 4.78 is 11.5. The topological polar surface area (TPSA) is 93.1 Å². The molecule has 1 saturated heterocycles. The van der Waals surface area contributed by atoms with Crippen LogP contribution in [0.1, 0.15) is 72.6 Å². The molecule has 174 valence electrons. The highest BCUT2D eigenvalue weighted by Gasteiger charge is 2.43. The van der Waals surface area contributed by atoms with Gasteiger partial charge in [0.15, 0.2) is 0 Å². The van der Waals surface area contributed by atoms with Gasteiger partial charge in [0.05, 0.1) is 24.0 Å². The van der Waals surface area contributed by atoms with Crippen molar-refractivity contribution in [3.05, 3.63) is 23.8 Å². The first kappa shape index (κ1) is 24.0. The standard InChI is InChI=1S/C25H38O6/c1-5-10-25(3,4)24(29)31-21-13-17(26)11-16-7-6-15(2)20(23(16)21)9-8-19-12-18(27)14-22(28)30-19/h6-7,11,15,17-21,23,26-27H,5,8-10,12-14H2,1-4H3/t15-,17+,18+,19+,20-,21-,23-/m0/s1. The Morgan fingerprint density at radius 2 is 2.00 bits per heavy atom. The number of aliphatic hydroxyl groups is 2. The molecule has 0 amide bonds. The van der Waals surface area contributed by atoms with Crippen molar-refractivity contribution in [2.45, 2.75) is 97.1 Å². The molecule has 6 heteroatoms. The second-order valence-corrected chi connectivity index (χ2v) is 10.2. The van der Waals surface area contributed by atoms with Crippen molar-refractivity contribution in [2.24, 2.45) is 23.2 Å². The van der Waals surface area contributed by atoms with Crippen LogP contribution in [0.2, 0.25) is 0 Å². The summed E-state index contributed by atoms with van der Waals surface area (Å²) in [5.74, 6) is -0.0705. The number of hydrogen-bond donors (Lipinski definition) is 2. The summed E-state index contributed by atoms with van der Waals surface area (Å²) in [5.41, 5.74) is 0.465. The van der Waals surface area contributed by atoms with E-state index in [2.05, 4.69) is 26.0 Å². The predicted molar refractivity (Wildman–Crippen MR) is 117 cm³/mol. The smallest absolute Gasteiger partial charge is 0.311 e. The normalized spacial score (nSPS) is 35.7. The van der Waals surface area contributed by atoms with E-state index in [9.17, 15) is 19.8 Å². The molecule has 0 radical (unpaired) electrons. The molecule has 2 aliphatic carbocycles. The largest absolute Gasteiger partial charge is 0.462 e. The zero-order valence-electron chi connectivity index (χ0n) is 19.3. The molecule has 1 fully saturated rings. The number of aliphatic hydroxyl groups excluding tert-OH is 2. The summed E-state index contributed by atoms with van der Waals surface area (Å²) in [6.45, 7) is 8.04. The highest BCUT2D eigenvalue weighted by molar-refractivity contribution is 5.76. The third-order valence-corrected chi connectivity index (χ3v) is 7.12. The second kappa shape index (κ2) is 9.86. The molecule has 2 N–H and O–H groups in total. The summed E-state index contributed by atoms with van der Waals surface area (Å²) in [7, 11) is 0. The number of allylic oxidation sites excluding steroid dienone is 2. The van der Waals surface area contributed by atoms with Crippen LogP contribution in [0.15, 0.2) is 23.8 Å². The molecule has 0 aromatic carbocycles. The van der Waals surface area contributed by atoms with Gasteiger partial charge in [-0.05, 0) is 50.5 Å². The van der Waals surface area contributed by atoms with Crippen LogP contribution in [-0.2, 0) is 19.1 Å². The van der Waals surface area contributed by atoms with E-state index in [0.717, 1.165) is 24.8 Å². The van der Waals surface area contributed by atoms with E-state index in [1.165, 1.54) is 0 Å². The van der Waals surface area contributed by atoms with Crippen LogP contribution in [0.4, 0.5) is 0 Å². The van der Waals surface area contributed by atoms with Crippen LogP contribution in [0, 0.1) is 23.2 Å². The Bertz CT molecular complexity index is 724. The van der Waals surface area contributed by atoms with Crippen LogP contribution < -0.4 is 0 Å². The van der Waals surface area contributed by atoms with E-state index < -0.39 is 17.6 Å². The minimum absolute atomic E-state index is 0.00833. The Labute approximate surface area is 185 Å². The molecule has 3 rings (SSSR count). The number of carbonyl (C=O) groups excluding carboxylic acids is 2. The number of esters is 2. The summed E-state index contributed by atoms with van der Waals surface area (Å²) in [6.07, 6.45) is 8.21. The fraction of sp³-hybridized carbons (Fsp3) is 0.760. The molecule has 0 unspecified atom stereocenters. The van der Waals surface area contributed by atoms with Gasteiger partial charge < -0.3 is 19.7 Å². The lowest BCUT2D eigenvalue weighted by Gasteiger charge is -2.43. The maximum absolute atomic E-state index is 12.9. The first-order valence-electron chi connectivity index (χ1n) is 11.8. The minimum Gasteiger partial charge on any atom is -0.462 e. The van der Waals surface area contributed by atoms with Crippen molar-refractivity contribution in [1.29, 1.82) is 0 Å². The highest BCUT2D eigenvalue weighted by atomic mass is 16.6. The Morgan fingerprint density at radius 1 is 1.26 bits per heavy atom. The van der Waals surface area contributed by atoms with Gasteiger partial charge in [0.1, 0.15) is 12.2 Å². The Hall–Kier alpha value is -1.66. The van der Waals surface area contributed by atoms with E-state index in [-0.39, 0.29) is 48.3 Å². The van der Waals surface area contributed by atoms with Gasteiger partial charge in [-0.15, -0.1) is 0 Å². The van der Waals surface area contributed by atoms with Crippen molar-refractivity contribution < 1.29 is 29.3 Å². The molecule has 0 spiro atoms. The summed E-state index contributed by atoms with van der Waals surface area (Å²) >= 11 is 0. The first-order valence-corrected chi connectivity index (χ1v) is 11.8. The number of hydrogen-bond acceptors (Lipinski definition) is 6. The lowest BCUT2D eigenvalue weighted by molar-refractivity contribution is -0.166. The van der Waals surface area contributed by atoms with Gasteiger partial charge in [-0.2, -0.15) is 0 Å². The molecule has 6 nitrogen and oxygen atoms in total. The maximum Gasteiger partial charge on any atom is 0.311 e. The van der Waals surface area contributed by atoms with Crippen LogP contribution in [0.25, 0.3) is 0 Å². The summed E-state index contributed by atoms with van der Waals surface area (Å²) in [5, 5.41) is 20.3. The Balaban J connectivity index is 1.75.